The average Bonchev–Trinajstić information content (AvgIpc) is 2.95. The normalized spacial score (nSPS) is 11.9. The van der Waals surface area contributed by atoms with Gasteiger partial charge in [0.2, 0.25) is 0 Å². The van der Waals surface area contributed by atoms with Crippen LogP contribution in [0.15, 0.2) is 35.7 Å². The molecule has 1 unspecified atom stereocenters. The van der Waals surface area contributed by atoms with Crippen LogP contribution in [0.2, 0.25) is 0 Å². The standard InChI is InChI=1S/C16H19NO2S/c1-12(8-13-6-4-5-7-16(13)19-3)17(2)14-9-15(10-18)20-11-14/h4-7,9-12H,8H2,1-3H3. The average molecular weight is 289 g/mol. The predicted molar refractivity (Wildman–Crippen MR) is 84.3 cm³/mol. The fourth-order valence-electron chi connectivity index (χ4n) is 2.17. The SMILES string of the molecule is COc1ccccc1CC(C)N(C)c1csc(C=O)c1. The van der Waals surface area contributed by atoms with Crippen LogP contribution in [0.1, 0.15) is 22.2 Å². The zero-order valence-electron chi connectivity index (χ0n) is 12.0. The number of benzene rings is 1. The minimum atomic E-state index is 0.320. The molecule has 2 aromatic rings. The number of ether oxygens (including phenoxy) is 1. The molecule has 0 N–H and O–H groups in total. The molecule has 0 fully saturated rings. The monoisotopic (exact) mass is 289 g/mol. The van der Waals surface area contributed by atoms with Gasteiger partial charge in [-0.05, 0) is 31.0 Å². The second kappa shape index (κ2) is 6.57. The number of thiophene rings is 1. The lowest BCUT2D eigenvalue weighted by molar-refractivity contribution is 0.112. The number of hydrogen-bond donors (Lipinski definition) is 0. The second-order valence-electron chi connectivity index (χ2n) is 4.80. The summed E-state index contributed by atoms with van der Waals surface area (Å²) < 4.78 is 5.39. The van der Waals surface area contributed by atoms with Crippen LogP contribution in [0.3, 0.4) is 0 Å². The van der Waals surface area contributed by atoms with E-state index >= 15 is 0 Å². The van der Waals surface area contributed by atoms with Gasteiger partial charge in [0.25, 0.3) is 0 Å². The second-order valence-corrected chi connectivity index (χ2v) is 5.74. The lowest BCUT2D eigenvalue weighted by Crippen LogP contribution is -2.30. The Kier molecular flexibility index (Phi) is 4.79. The first-order valence-corrected chi connectivity index (χ1v) is 7.42. The molecule has 0 aliphatic carbocycles. The van der Waals surface area contributed by atoms with E-state index in [2.05, 4.69) is 24.9 Å². The third-order valence-electron chi connectivity index (χ3n) is 3.50. The highest BCUT2D eigenvalue weighted by molar-refractivity contribution is 7.12. The maximum atomic E-state index is 10.8. The summed E-state index contributed by atoms with van der Waals surface area (Å²) in [4.78, 5) is 13.7. The Balaban J connectivity index is 2.10. The van der Waals surface area contributed by atoms with Crippen molar-refractivity contribution in [1.82, 2.24) is 0 Å². The van der Waals surface area contributed by atoms with Crippen molar-refractivity contribution in [1.29, 1.82) is 0 Å². The molecule has 2 rings (SSSR count). The summed E-state index contributed by atoms with van der Waals surface area (Å²) in [5.74, 6) is 0.923. The third-order valence-corrected chi connectivity index (χ3v) is 4.34. The van der Waals surface area contributed by atoms with Crippen molar-refractivity contribution < 1.29 is 9.53 Å². The van der Waals surface area contributed by atoms with E-state index in [1.165, 1.54) is 16.9 Å². The Labute approximate surface area is 123 Å². The minimum absolute atomic E-state index is 0.320. The zero-order valence-corrected chi connectivity index (χ0v) is 12.8. The van der Waals surface area contributed by atoms with Gasteiger partial charge >= 0.3 is 0 Å². The fourth-order valence-corrected chi connectivity index (χ4v) is 2.91. The van der Waals surface area contributed by atoms with Crippen molar-refractivity contribution in [2.24, 2.45) is 0 Å². The maximum Gasteiger partial charge on any atom is 0.160 e. The first-order chi connectivity index (χ1) is 9.65. The molecule has 20 heavy (non-hydrogen) atoms. The van der Waals surface area contributed by atoms with Gasteiger partial charge in [-0.2, -0.15) is 0 Å². The highest BCUT2D eigenvalue weighted by Crippen LogP contribution is 2.25. The largest absolute Gasteiger partial charge is 0.496 e. The van der Waals surface area contributed by atoms with Crippen molar-refractivity contribution in [2.75, 3.05) is 19.1 Å². The zero-order chi connectivity index (χ0) is 14.5. The van der Waals surface area contributed by atoms with E-state index in [0.717, 1.165) is 29.0 Å². The summed E-state index contributed by atoms with van der Waals surface area (Å²) in [7, 11) is 3.75. The van der Waals surface area contributed by atoms with Crippen LogP contribution in [0.25, 0.3) is 0 Å². The number of hydrogen-bond acceptors (Lipinski definition) is 4. The number of carbonyl (C=O) groups is 1. The molecule has 0 aliphatic rings. The van der Waals surface area contributed by atoms with E-state index in [4.69, 9.17) is 4.74 Å². The Hall–Kier alpha value is -1.81. The first kappa shape index (κ1) is 14.6. The number of anilines is 1. The Morgan fingerprint density at radius 1 is 1.40 bits per heavy atom. The van der Waals surface area contributed by atoms with Crippen molar-refractivity contribution in [3.05, 3.63) is 46.2 Å². The van der Waals surface area contributed by atoms with Crippen LogP contribution in [0.4, 0.5) is 5.69 Å². The van der Waals surface area contributed by atoms with Gasteiger partial charge in [0.1, 0.15) is 5.75 Å². The van der Waals surface area contributed by atoms with Crippen LogP contribution < -0.4 is 9.64 Å². The van der Waals surface area contributed by atoms with Gasteiger partial charge < -0.3 is 9.64 Å². The summed E-state index contributed by atoms with van der Waals surface area (Å²) in [6, 6.07) is 10.3. The highest BCUT2D eigenvalue weighted by Gasteiger charge is 2.14. The van der Waals surface area contributed by atoms with Crippen molar-refractivity contribution >= 4 is 23.3 Å². The Morgan fingerprint density at radius 2 is 2.15 bits per heavy atom. The van der Waals surface area contributed by atoms with Gasteiger partial charge in [-0.25, -0.2) is 0 Å². The lowest BCUT2D eigenvalue weighted by Gasteiger charge is -2.26. The van der Waals surface area contributed by atoms with Gasteiger partial charge in [0.15, 0.2) is 6.29 Å². The molecule has 1 aromatic heterocycles. The Bertz CT molecular complexity index is 579. The van der Waals surface area contributed by atoms with Gasteiger partial charge in [-0.1, -0.05) is 18.2 Å². The van der Waals surface area contributed by atoms with E-state index in [0.29, 0.717) is 6.04 Å². The quantitative estimate of drug-likeness (QED) is 0.760. The summed E-state index contributed by atoms with van der Waals surface area (Å²) in [6.45, 7) is 2.17. The van der Waals surface area contributed by atoms with Gasteiger partial charge in [0.05, 0.1) is 12.0 Å². The number of carbonyl (C=O) groups excluding carboxylic acids is 1. The molecule has 0 aliphatic heterocycles. The van der Waals surface area contributed by atoms with E-state index in [1.54, 1.807) is 7.11 Å². The third kappa shape index (κ3) is 3.20. The number of aldehydes is 1. The molecule has 1 heterocycles. The predicted octanol–water partition coefficient (Wildman–Crippen LogP) is 3.64. The molecule has 1 atom stereocenters. The van der Waals surface area contributed by atoms with Crippen LogP contribution >= 0.6 is 11.3 Å². The minimum Gasteiger partial charge on any atom is -0.496 e. The van der Waals surface area contributed by atoms with Crippen molar-refractivity contribution in [3.63, 3.8) is 0 Å². The first-order valence-electron chi connectivity index (χ1n) is 6.54. The maximum absolute atomic E-state index is 10.8. The number of likely N-dealkylation sites (N-methyl/N-ethyl adjacent to an activating group) is 1. The van der Waals surface area contributed by atoms with E-state index < -0.39 is 0 Å². The van der Waals surface area contributed by atoms with E-state index in [9.17, 15) is 4.79 Å². The molecular formula is C16H19NO2S. The molecule has 106 valence electrons. The number of methoxy groups -OCH3 is 1. The van der Waals surface area contributed by atoms with Crippen LogP contribution in [-0.4, -0.2) is 26.5 Å². The van der Waals surface area contributed by atoms with Gasteiger partial charge in [-0.3, -0.25) is 4.79 Å². The summed E-state index contributed by atoms with van der Waals surface area (Å²) in [5.41, 5.74) is 2.28. The molecule has 1 aromatic carbocycles. The Morgan fingerprint density at radius 3 is 2.80 bits per heavy atom. The number of para-hydroxylation sites is 1. The van der Waals surface area contributed by atoms with Gasteiger partial charge in [-0.15, -0.1) is 11.3 Å². The van der Waals surface area contributed by atoms with E-state index in [1.807, 2.05) is 29.6 Å². The molecule has 0 amide bonds. The van der Waals surface area contributed by atoms with Gasteiger partial charge in [0, 0.05) is 24.2 Å². The molecule has 0 radical (unpaired) electrons. The van der Waals surface area contributed by atoms with Crippen molar-refractivity contribution in [2.45, 2.75) is 19.4 Å². The fraction of sp³-hybridized carbons (Fsp3) is 0.312. The molecule has 3 nitrogen and oxygen atoms in total. The molecule has 0 bridgehead atoms. The lowest BCUT2D eigenvalue weighted by atomic mass is 10.0. The molecule has 0 saturated heterocycles. The summed E-state index contributed by atoms with van der Waals surface area (Å²) in [6.07, 6.45) is 1.79. The molecule has 0 spiro atoms. The molecule has 4 heteroatoms. The molecule has 0 saturated carbocycles. The van der Waals surface area contributed by atoms with Crippen LogP contribution in [0.5, 0.6) is 5.75 Å². The number of rotatable bonds is 6. The highest BCUT2D eigenvalue weighted by atomic mass is 32.1. The van der Waals surface area contributed by atoms with Crippen LogP contribution in [0, 0.1) is 0 Å². The van der Waals surface area contributed by atoms with Crippen molar-refractivity contribution in [3.8, 4) is 5.75 Å². The summed E-state index contributed by atoms with van der Waals surface area (Å²) in [5, 5.41) is 2.02. The van der Waals surface area contributed by atoms with E-state index in [-0.39, 0.29) is 0 Å². The smallest absolute Gasteiger partial charge is 0.160 e. The number of nitrogens with zero attached hydrogens (tertiary/aromatic N) is 1. The van der Waals surface area contributed by atoms with Crippen LogP contribution in [-0.2, 0) is 6.42 Å². The molecular weight excluding hydrogens is 270 g/mol. The topological polar surface area (TPSA) is 29.5 Å². The summed E-state index contributed by atoms with van der Waals surface area (Å²) >= 11 is 1.47.